The van der Waals surface area contributed by atoms with E-state index in [0.29, 0.717) is 0 Å². The molecule has 0 radical (unpaired) electrons. The molecule has 0 atom stereocenters. The van der Waals surface area contributed by atoms with Crippen LogP contribution < -0.4 is 0 Å². The zero-order valence-electron chi connectivity index (χ0n) is 30.3. The van der Waals surface area contributed by atoms with Gasteiger partial charge in [-0.1, -0.05) is 164 Å². The summed E-state index contributed by atoms with van der Waals surface area (Å²) in [6.45, 7) is 0. The molecule has 0 spiro atoms. The van der Waals surface area contributed by atoms with Crippen molar-refractivity contribution in [2.24, 2.45) is 0 Å². The van der Waals surface area contributed by atoms with Crippen LogP contribution in [-0.4, -0.2) is 14.5 Å². The molecule has 4 heteroatoms. The van der Waals surface area contributed by atoms with Gasteiger partial charge in [0.15, 0.2) is 5.82 Å². The highest BCUT2D eigenvalue weighted by Gasteiger charge is 2.24. The molecule has 11 aromatic rings. The van der Waals surface area contributed by atoms with E-state index in [1.165, 1.54) is 26.6 Å². The molecule has 0 aliphatic rings. The first-order valence-electron chi connectivity index (χ1n) is 18.9. The molecule has 0 aliphatic carbocycles. The molecule has 0 fully saturated rings. The third kappa shape index (κ3) is 5.34. The lowest BCUT2D eigenvalue weighted by atomic mass is 9.91. The van der Waals surface area contributed by atoms with Crippen LogP contribution in [0.15, 0.2) is 200 Å². The van der Waals surface area contributed by atoms with Crippen molar-refractivity contribution in [3.8, 4) is 61.7 Å². The SMILES string of the molecule is c1ccc(-c2ccc3c(c2)c2ccccc2n3-c2c(-c3ccccc3)cc(-c3nc(-c4ccccc4)nc4c3sc3ccccc34)cc2-c2ccccc2)cc1. The zero-order valence-corrected chi connectivity index (χ0v) is 31.1. The van der Waals surface area contributed by atoms with Gasteiger partial charge in [-0.15, -0.1) is 11.3 Å². The van der Waals surface area contributed by atoms with Crippen molar-refractivity contribution < 1.29 is 0 Å². The van der Waals surface area contributed by atoms with E-state index in [9.17, 15) is 0 Å². The third-order valence-corrected chi connectivity index (χ3v) is 12.0. The van der Waals surface area contributed by atoms with Gasteiger partial charge in [0, 0.05) is 43.1 Å². The molecule has 3 nitrogen and oxygen atoms in total. The average Bonchev–Trinajstić information content (AvgIpc) is 3.82. The van der Waals surface area contributed by atoms with E-state index in [0.717, 1.165) is 77.2 Å². The minimum atomic E-state index is 0.722. The van der Waals surface area contributed by atoms with Gasteiger partial charge in [-0.2, -0.15) is 0 Å². The van der Waals surface area contributed by atoms with E-state index in [2.05, 4.69) is 199 Å². The summed E-state index contributed by atoms with van der Waals surface area (Å²) in [6, 6.07) is 71.6. The summed E-state index contributed by atoms with van der Waals surface area (Å²) in [4.78, 5) is 10.7. The van der Waals surface area contributed by atoms with Gasteiger partial charge in [-0.05, 0) is 58.7 Å². The number of hydrogen-bond acceptors (Lipinski definition) is 3. The Kier molecular flexibility index (Phi) is 7.68. The highest BCUT2D eigenvalue weighted by Crippen LogP contribution is 2.46. The van der Waals surface area contributed by atoms with Crippen LogP contribution in [0.25, 0.3) is 104 Å². The van der Waals surface area contributed by atoms with E-state index < -0.39 is 0 Å². The molecule has 0 amide bonds. The maximum Gasteiger partial charge on any atom is 0.160 e. The minimum absolute atomic E-state index is 0.722. The second-order valence-corrected chi connectivity index (χ2v) is 15.2. The normalized spacial score (nSPS) is 11.6. The molecule has 0 aliphatic heterocycles. The fourth-order valence-corrected chi connectivity index (χ4v) is 9.37. The molecule has 3 aromatic heterocycles. The fraction of sp³-hybridized carbons (Fsp3) is 0. The maximum absolute atomic E-state index is 5.43. The van der Waals surface area contributed by atoms with Crippen LogP contribution in [0.4, 0.5) is 0 Å². The summed E-state index contributed by atoms with van der Waals surface area (Å²) in [5, 5.41) is 3.59. The van der Waals surface area contributed by atoms with Gasteiger partial charge in [0.2, 0.25) is 0 Å². The van der Waals surface area contributed by atoms with Crippen molar-refractivity contribution in [2.75, 3.05) is 0 Å². The summed E-state index contributed by atoms with van der Waals surface area (Å²) in [5.41, 5.74) is 14.4. The first kappa shape index (κ1) is 32.3. The molecule has 0 N–H and O–H groups in total. The van der Waals surface area contributed by atoms with Gasteiger partial charge >= 0.3 is 0 Å². The number of benzene rings is 8. The molecule has 8 aromatic carbocycles. The Bertz CT molecular complexity index is 3160. The number of rotatable bonds is 6. The Morgan fingerprint density at radius 1 is 0.375 bits per heavy atom. The van der Waals surface area contributed by atoms with Gasteiger partial charge in [0.05, 0.1) is 32.6 Å². The Hall–Kier alpha value is -7.14. The van der Waals surface area contributed by atoms with Crippen LogP contribution in [0.5, 0.6) is 0 Å². The van der Waals surface area contributed by atoms with Gasteiger partial charge in [-0.25, -0.2) is 9.97 Å². The Labute approximate surface area is 328 Å². The van der Waals surface area contributed by atoms with Crippen LogP contribution in [0.1, 0.15) is 0 Å². The number of nitrogens with zero attached hydrogens (tertiary/aromatic N) is 3. The topological polar surface area (TPSA) is 30.7 Å². The van der Waals surface area contributed by atoms with E-state index in [1.807, 2.05) is 6.07 Å². The Morgan fingerprint density at radius 3 is 1.57 bits per heavy atom. The number of aromatic nitrogens is 3. The van der Waals surface area contributed by atoms with Crippen LogP contribution >= 0.6 is 11.3 Å². The van der Waals surface area contributed by atoms with E-state index in [-0.39, 0.29) is 0 Å². The molecule has 0 unspecified atom stereocenters. The largest absolute Gasteiger partial charge is 0.308 e. The highest BCUT2D eigenvalue weighted by molar-refractivity contribution is 7.26. The van der Waals surface area contributed by atoms with Gasteiger partial charge in [-0.3, -0.25) is 0 Å². The lowest BCUT2D eigenvalue weighted by Crippen LogP contribution is -2.02. The van der Waals surface area contributed by atoms with Crippen LogP contribution in [0, 0.1) is 0 Å². The minimum Gasteiger partial charge on any atom is -0.308 e. The lowest BCUT2D eigenvalue weighted by molar-refractivity contribution is 1.18. The second-order valence-electron chi connectivity index (χ2n) is 14.1. The Balaban J connectivity index is 1.27. The summed E-state index contributed by atoms with van der Waals surface area (Å²) < 4.78 is 4.77. The quantitative estimate of drug-likeness (QED) is 0.170. The predicted molar refractivity (Wildman–Crippen MR) is 236 cm³/mol. The number of thiophene rings is 1. The molecule has 0 bridgehead atoms. The zero-order chi connectivity index (χ0) is 37.0. The van der Waals surface area contributed by atoms with E-state index in [1.54, 1.807) is 11.3 Å². The smallest absolute Gasteiger partial charge is 0.160 e. The highest BCUT2D eigenvalue weighted by atomic mass is 32.1. The molecule has 0 saturated heterocycles. The molecule has 11 rings (SSSR count). The first-order chi connectivity index (χ1) is 27.8. The van der Waals surface area contributed by atoms with E-state index in [4.69, 9.17) is 9.97 Å². The standard InChI is InChI=1S/C52H33N3S/c1-5-17-34(18-6-1)38-29-30-46-44(31-38)40-25-13-15-27-45(40)55(46)50-42(35-19-7-2-8-20-35)32-39(33-43(50)36-21-9-3-10-22-36)48-51-49(41-26-14-16-28-47(41)56-51)54-52(53-48)37-23-11-4-12-24-37/h1-33H. The van der Waals surface area contributed by atoms with Crippen molar-refractivity contribution in [1.82, 2.24) is 14.5 Å². The number of fused-ring (bicyclic) bond motifs is 6. The van der Waals surface area contributed by atoms with Crippen molar-refractivity contribution >= 4 is 53.4 Å². The molecule has 56 heavy (non-hydrogen) atoms. The average molecular weight is 732 g/mol. The summed E-state index contributed by atoms with van der Waals surface area (Å²) in [5.74, 6) is 0.722. The summed E-state index contributed by atoms with van der Waals surface area (Å²) in [6.07, 6.45) is 0. The number of para-hydroxylation sites is 1. The van der Waals surface area contributed by atoms with Gasteiger partial charge < -0.3 is 4.57 Å². The third-order valence-electron chi connectivity index (χ3n) is 10.8. The van der Waals surface area contributed by atoms with Crippen LogP contribution in [0.2, 0.25) is 0 Å². The predicted octanol–water partition coefficient (Wildman–Crippen LogP) is 14.3. The van der Waals surface area contributed by atoms with Gasteiger partial charge in [0.1, 0.15) is 0 Å². The maximum atomic E-state index is 5.43. The van der Waals surface area contributed by atoms with Crippen molar-refractivity contribution in [3.63, 3.8) is 0 Å². The lowest BCUT2D eigenvalue weighted by Gasteiger charge is -2.21. The Morgan fingerprint density at radius 2 is 0.911 bits per heavy atom. The molecular weight excluding hydrogens is 699 g/mol. The molecule has 0 saturated carbocycles. The second kappa shape index (κ2) is 13.3. The van der Waals surface area contributed by atoms with Crippen LogP contribution in [-0.2, 0) is 0 Å². The fourth-order valence-electron chi connectivity index (χ4n) is 8.21. The molecular formula is C52H33N3S. The van der Waals surface area contributed by atoms with Crippen molar-refractivity contribution in [1.29, 1.82) is 0 Å². The first-order valence-corrected chi connectivity index (χ1v) is 19.7. The number of hydrogen-bond donors (Lipinski definition) is 0. The molecule has 3 heterocycles. The summed E-state index contributed by atoms with van der Waals surface area (Å²) in [7, 11) is 0. The van der Waals surface area contributed by atoms with E-state index >= 15 is 0 Å². The van der Waals surface area contributed by atoms with Crippen LogP contribution in [0.3, 0.4) is 0 Å². The van der Waals surface area contributed by atoms with Gasteiger partial charge in [0.25, 0.3) is 0 Å². The van der Waals surface area contributed by atoms with Crippen molar-refractivity contribution in [3.05, 3.63) is 200 Å². The monoisotopic (exact) mass is 731 g/mol. The summed E-state index contributed by atoms with van der Waals surface area (Å²) >= 11 is 1.77. The molecule has 262 valence electrons. The van der Waals surface area contributed by atoms with Crippen molar-refractivity contribution in [2.45, 2.75) is 0 Å².